The second-order valence-electron chi connectivity index (χ2n) is 13.7. The lowest BCUT2D eigenvalue weighted by atomic mass is 9.97. The van der Waals surface area contributed by atoms with Crippen molar-refractivity contribution in [1.29, 1.82) is 0 Å². The van der Waals surface area contributed by atoms with Gasteiger partial charge in [-0.2, -0.15) is 0 Å². The van der Waals surface area contributed by atoms with Crippen LogP contribution < -0.4 is 5.32 Å². The fraction of sp³-hybridized carbons (Fsp3) is 0.865. The minimum atomic E-state index is -1.79. The molecule has 298 valence electrons. The first kappa shape index (κ1) is 45.6. The Morgan fingerprint density at radius 1 is 0.686 bits per heavy atom. The molecule has 2 heterocycles. The molecule has 9 N–H and O–H groups in total. The van der Waals surface area contributed by atoms with Crippen LogP contribution in [0.2, 0.25) is 0 Å². The summed E-state index contributed by atoms with van der Waals surface area (Å²) in [7, 11) is 0. The van der Waals surface area contributed by atoms with E-state index in [0.29, 0.717) is 12.8 Å². The average Bonchev–Trinajstić information content (AvgIpc) is 3.12. The van der Waals surface area contributed by atoms with Crippen LogP contribution in [-0.4, -0.2) is 140 Å². The summed E-state index contributed by atoms with van der Waals surface area (Å²) in [5.41, 5.74) is 0. The minimum absolute atomic E-state index is 0.262. The van der Waals surface area contributed by atoms with E-state index in [1.807, 2.05) is 6.08 Å². The molecule has 0 saturated carbocycles. The van der Waals surface area contributed by atoms with E-state index in [-0.39, 0.29) is 18.9 Å². The molecule has 0 radical (unpaired) electrons. The minimum Gasteiger partial charge on any atom is -0.394 e. The standard InChI is InChI=1S/C37H67NO13/c1-3-5-7-9-11-12-13-15-16-18-20-26(41)25(38-29(42)21-19-17-14-10-8-6-4-2)24-48-36-34(47)32(45)35(28(23-40)50-36)51-37-33(46)31(44)30(43)27(22-39)49-37/h12-13,18,20,25-28,30-37,39-41,43-47H,3-11,14-17,19,21-24H2,1-2H3,(H,38,42)/b13-12+,20-18+. The Morgan fingerprint density at radius 3 is 1.92 bits per heavy atom. The van der Waals surface area contributed by atoms with Gasteiger partial charge in [-0.05, 0) is 32.1 Å². The van der Waals surface area contributed by atoms with Crippen molar-refractivity contribution in [1.82, 2.24) is 5.32 Å². The van der Waals surface area contributed by atoms with Gasteiger partial charge in [0.25, 0.3) is 0 Å². The first-order chi connectivity index (χ1) is 24.6. The molecule has 2 fully saturated rings. The largest absolute Gasteiger partial charge is 0.394 e. The van der Waals surface area contributed by atoms with Crippen molar-refractivity contribution in [3.05, 3.63) is 24.3 Å². The monoisotopic (exact) mass is 733 g/mol. The van der Waals surface area contributed by atoms with E-state index in [1.165, 1.54) is 38.5 Å². The number of nitrogens with one attached hydrogen (secondary N) is 1. The van der Waals surface area contributed by atoms with Crippen molar-refractivity contribution in [2.24, 2.45) is 0 Å². The number of aliphatic hydroxyl groups excluding tert-OH is 8. The van der Waals surface area contributed by atoms with Gasteiger partial charge in [-0.15, -0.1) is 0 Å². The second kappa shape index (κ2) is 26.3. The highest BCUT2D eigenvalue weighted by atomic mass is 16.7. The van der Waals surface area contributed by atoms with Gasteiger partial charge in [0.05, 0.1) is 32.0 Å². The third-order valence-corrected chi connectivity index (χ3v) is 9.39. The number of unbranched alkanes of at least 4 members (excludes halogenated alkanes) is 11. The molecule has 2 saturated heterocycles. The van der Waals surface area contributed by atoms with E-state index in [2.05, 4.69) is 31.3 Å². The van der Waals surface area contributed by atoms with Crippen LogP contribution in [0.25, 0.3) is 0 Å². The van der Waals surface area contributed by atoms with Gasteiger partial charge < -0.3 is 65.1 Å². The number of carbonyl (C=O) groups excluding carboxylic acids is 1. The van der Waals surface area contributed by atoms with E-state index in [4.69, 9.17) is 18.9 Å². The number of rotatable bonds is 26. The number of hydrogen-bond donors (Lipinski definition) is 9. The quantitative estimate of drug-likeness (QED) is 0.0454. The number of carbonyl (C=O) groups is 1. The summed E-state index contributed by atoms with van der Waals surface area (Å²) in [5.74, 6) is -0.262. The summed E-state index contributed by atoms with van der Waals surface area (Å²) in [5, 5.41) is 85.8. The molecule has 14 heteroatoms. The highest BCUT2D eigenvalue weighted by Gasteiger charge is 2.50. The Hall–Kier alpha value is -1.53. The van der Waals surface area contributed by atoms with Crippen LogP contribution in [0.15, 0.2) is 24.3 Å². The molecular weight excluding hydrogens is 666 g/mol. The maximum atomic E-state index is 12.9. The van der Waals surface area contributed by atoms with Crippen LogP contribution in [0.1, 0.15) is 110 Å². The van der Waals surface area contributed by atoms with E-state index < -0.39 is 86.8 Å². The van der Waals surface area contributed by atoms with Gasteiger partial charge in [0.2, 0.25) is 5.91 Å². The smallest absolute Gasteiger partial charge is 0.220 e. The Morgan fingerprint density at radius 2 is 1.25 bits per heavy atom. The van der Waals surface area contributed by atoms with E-state index in [1.54, 1.807) is 6.08 Å². The second-order valence-corrected chi connectivity index (χ2v) is 13.7. The molecule has 12 atom stereocenters. The predicted octanol–water partition coefficient (Wildman–Crippen LogP) is 1.48. The van der Waals surface area contributed by atoms with Crippen LogP contribution in [-0.2, 0) is 23.7 Å². The molecule has 0 spiro atoms. The predicted molar refractivity (Wildman–Crippen MR) is 189 cm³/mol. The van der Waals surface area contributed by atoms with Gasteiger partial charge in [-0.3, -0.25) is 4.79 Å². The fourth-order valence-electron chi connectivity index (χ4n) is 6.13. The van der Waals surface area contributed by atoms with Crippen LogP contribution >= 0.6 is 0 Å². The highest BCUT2D eigenvalue weighted by Crippen LogP contribution is 2.29. The van der Waals surface area contributed by atoms with Crippen LogP contribution in [0.4, 0.5) is 0 Å². The molecule has 2 aliphatic rings. The molecule has 0 aromatic carbocycles. The third kappa shape index (κ3) is 16.2. The lowest BCUT2D eigenvalue weighted by molar-refractivity contribution is -0.359. The molecule has 2 rings (SSSR count). The number of amides is 1. The third-order valence-electron chi connectivity index (χ3n) is 9.39. The van der Waals surface area contributed by atoms with Gasteiger partial charge in [-0.25, -0.2) is 0 Å². The Labute approximate surface area is 303 Å². The molecule has 1 amide bonds. The normalized spacial score (nSPS) is 31.3. The van der Waals surface area contributed by atoms with Crippen molar-refractivity contribution in [2.45, 2.75) is 184 Å². The van der Waals surface area contributed by atoms with Gasteiger partial charge in [0.15, 0.2) is 12.6 Å². The van der Waals surface area contributed by atoms with Crippen molar-refractivity contribution in [2.75, 3.05) is 19.8 Å². The van der Waals surface area contributed by atoms with Crippen molar-refractivity contribution in [3.8, 4) is 0 Å². The van der Waals surface area contributed by atoms with Crippen LogP contribution in [0, 0.1) is 0 Å². The molecule has 51 heavy (non-hydrogen) atoms. The van der Waals surface area contributed by atoms with Gasteiger partial charge in [0, 0.05) is 6.42 Å². The molecule has 0 aromatic heterocycles. The van der Waals surface area contributed by atoms with Gasteiger partial charge in [0.1, 0.15) is 48.8 Å². The zero-order chi connectivity index (χ0) is 37.6. The molecule has 14 nitrogen and oxygen atoms in total. The maximum Gasteiger partial charge on any atom is 0.220 e. The summed E-state index contributed by atoms with van der Waals surface area (Å²) >= 11 is 0. The first-order valence-corrected chi connectivity index (χ1v) is 19.1. The molecule has 2 aliphatic heterocycles. The Bertz CT molecular complexity index is 967. The number of aliphatic hydroxyl groups is 8. The van der Waals surface area contributed by atoms with Gasteiger partial charge >= 0.3 is 0 Å². The van der Waals surface area contributed by atoms with Crippen LogP contribution in [0.5, 0.6) is 0 Å². The summed E-state index contributed by atoms with van der Waals surface area (Å²) in [6.45, 7) is 2.61. The fourth-order valence-corrected chi connectivity index (χ4v) is 6.13. The van der Waals surface area contributed by atoms with Crippen molar-refractivity contribution >= 4 is 5.91 Å². The summed E-state index contributed by atoms with van der Waals surface area (Å²) in [6, 6.07) is -0.920. The van der Waals surface area contributed by atoms with Crippen molar-refractivity contribution in [3.63, 3.8) is 0 Å². The molecule has 12 unspecified atom stereocenters. The Balaban J connectivity index is 2.00. The Kier molecular flexibility index (Phi) is 23.5. The van der Waals surface area contributed by atoms with Crippen LogP contribution in [0.3, 0.4) is 0 Å². The lowest BCUT2D eigenvalue weighted by Crippen LogP contribution is -2.65. The lowest BCUT2D eigenvalue weighted by Gasteiger charge is -2.46. The molecular formula is C37H67NO13. The number of hydrogen-bond acceptors (Lipinski definition) is 13. The molecule has 0 bridgehead atoms. The summed E-state index contributed by atoms with van der Waals surface area (Å²) in [4.78, 5) is 12.9. The summed E-state index contributed by atoms with van der Waals surface area (Å²) in [6.07, 6.45) is 5.66. The van der Waals surface area contributed by atoms with Crippen molar-refractivity contribution < 1.29 is 64.6 Å². The first-order valence-electron chi connectivity index (χ1n) is 19.1. The van der Waals surface area contributed by atoms with Gasteiger partial charge in [-0.1, -0.05) is 95.9 Å². The SMILES string of the molecule is CCCCCC/C=C/CC/C=C/C(O)C(COC1OC(CO)C(OC2OC(CO)C(O)C(O)C2O)C(O)C1O)NC(=O)CCCCCCCCC. The zero-order valence-corrected chi connectivity index (χ0v) is 30.6. The molecule has 0 aromatic rings. The molecule has 0 aliphatic carbocycles. The number of ether oxygens (including phenoxy) is 4. The van der Waals surface area contributed by atoms with E-state index >= 15 is 0 Å². The topological polar surface area (TPSA) is 228 Å². The maximum absolute atomic E-state index is 12.9. The zero-order valence-electron chi connectivity index (χ0n) is 30.6. The highest BCUT2D eigenvalue weighted by molar-refractivity contribution is 5.76. The average molecular weight is 734 g/mol. The summed E-state index contributed by atoms with van der Waals surface area (Å²) < 4.78 is 22.4. The van der Waals surface area contributed by atoms with E-state index in [0.717, 1.165) is 38.5 Å². The van der Waals surface area contributed by atoms with E-state index in [9.17, 15) is 45.6 Å². The number of allylic oxidation sites excluding steroid dienone is 3.